The minimum Gasteiger partial charge on any atom is -0.493 e. The summed E-state index contributed by atoms with van der Waals surface area (Å²) in [4.78, 5) is 31.8. The lowest BCUT2D eigenvalue weighted by Crippen LogP contribution is -2.48. The van der Waals surface area contributed by atoms with Gasteiger partial charge in [-0.25, -0.2) is 0 Å². The fourth-order valence-corrected chi connectivity index (χ4v) is 5.82. The summed E-state index contributed by atoms with van der Waals surface area (Å²) in [7, 11) is 6.83. The summed E-state index contributed by atoms with van der Waals surface area (Å²) in [5.74, 6) is 0.712. The van der Waals surface area contributed by atoms with Crippen LogP contribution in [0.3, 0.4) is 0 Å². The smallest absolute Gasteiger partial charge is 0.254 e. The van der Waals surface area contributed by atoms with Crippen molar-refractivity contribution in [2.24, 2.45) is 0 Å². The maximum absolute atomic E-state index is 13.9. The van der Waals surface area contributed by atoms with Crippen molar-refractivity contribution in [2.45, 2.75) is 50.6 Å². The third-order valence-electron chi connectivity index (χ3n) is 7.66. The molecule has 2 amide bonds. The topological polar surface area (TPSA) is 80.3 Å². The normalized spacial score (nSPS) is 21.5. The van der Waals surface area contributed by atoms with Gasteiger partial charge in [0, 0.05) is 24.7 Å². The zero-order valence-electron chi connectivity index (χ0n) is 22.6. The van der Waals surface area contributed by atoms with E-state index in [4.69, 9.17) is 14.2 Å². The van der Waals surface area contributed by atoms with Gasteiger partial charge in [-0.05, 0) is 68.6 Å². The first-order valence-electron chi connectivity index (χ1n) is 13.1. The van der Waals surface area contributed by atoms with Gasteiger partial charge in [-0.1, -0.05) is 25.1 Å². The molecule has 3 unspecified atom stereocenters. The Labute approximate surface area is 219 Å². The molecule has 3 atom stereocenters. The molecule has 0 bridgehead atoms. The summed E-state index contributed by atoms with van der Waals surface area (Å²) in [5.41, 5.74) is 2.09. The molecule has 0 radical (unpaired) electrons. The molecule has 2 aliphatic heterocycles. The third-order valence-corrected chi connectivity index (χ3v) is 7.66. The summed E-state index contributed by atoms with van der Waals surface area (Å²) in [6, 6.07) is 11.1. The van der Waals surface area contributed by atoms with Gasteiger partial charge < -0.3 is 29.3 Å². The highest BCUT2D eigenvalue weighted by molar-refractivity contribution is 6.01. The molecule has 1 fully saturated rings. The van der Waals surface area contributed by atoms with Crippen molar-refractivity contribution in [3.05, 3.63) is 53.1 Å². The molecule has 200 valence electrons. The van der Waals surface area contributed by atoms with E-state index in [1.807, 2.05) is 48.2 Å². The Morgan fingerprint density at radius 1 is 1.08 bits per heavy atom. The average Bonchev–Trinajstić information content (AvgIpc) is 3.33. The van der Waals surface area contributed by atoms with E-state index in [2.05, 4.69) is 17.3 Å². The number of rotatable bonds is 10. The number of methoxy groups -OCH3 is 3. The number of benzene rings is 2. The molecule has 0 saturated carbocycles. The first-order valence-corrected chi connectivity index (χ1v) is 13.1. The van der Waals surface area contributed by atoms with E-state index < -0.39 is 12.0 Å². The van der Waals surface area contributed by atoms with E-state index in [-0.39, 0.29) is 11.8 Å². The van der Waals surface area contributed by atoms with Crippen LogP contribution in [0.2, 0.25) is 0 Å². The summed E-state index contributed by atoms with van der Waals surface area (Å²) in [5, 5.41) is 3.21. The van der Waals surface area contributed by atoms with Crippen molar-refractivity contribution in [1.29, 1.82) is 0 Å². The second-order valence-corrected chi connectivity index (χ2v) is 9.82. The van der Waals surface area contributed by atoms with E-state index in [1.165, 1.54) is 6.42 Å². The molecule has 37 heavy (non-hydrogen) atoms. The molecule has 0 aliphatic carbocycles. The first kappa shape index (κ1) is 26.8. The molecule has 8 heteroatoms. The van der Waals surface area contributed by atoms with Crippen LogP contribution in [0.25, 0.3) is 0 Å². The van der Waals surface area contributed by atoms with Crippen molar-refractivity contribution in [3.63, 3.8) is 0 Å². The maximum atomic E-state index is 13.9. The van der Waals surface area contributed by atoms with Crippen LogP contribution in [0, 0.1) is 0 Å². The molecule has 0 spiro atoms. The number of carbonyl (C=O) groups is 2. The minimum atomic E-state index is -0.579. The van der Waals surface area contributed by atoms with Crippen LogP contribution < -0.4 is 19.5 Å². The van der Waals surface area contributed by atoms with Gasteiger partial charge in [-0.3, -0.25) is 9.59 Å². The highest BCUT2D eigenvalue weighted by Gasteiger charge is 2.44. The molecule has 2 aromatic rings. The van der Waals surface area contributed by atoms with Crippen LogP contribution in [0.5, 0.6) is 17.2 Å². The number of carbonyl (C=O) groups excluding carboxylic acids is 2. The van der Waals surface area contributed by atoms with E-state index in [9.17, 15) is 9.59 Å². The van der Waals surface area contributed by atoms with Gasteiger partial charge in [0.05, 0.1) is 33.3 Å². The van der Waals surface area contributed by atoms with E-state index >= 15 is 0 Å². The average molecular weight is 510 g/mol. The monoisotopic (exact) mass is 509 g/mol. The molecule has 8 nitrogen and oxygen atoms in total. The summed E-state index contributed by atoms with van der Waals surface area (Å²) >= 11 is 0. The van der Waals surface area contributed by atoms with Crippen molar-refractivity contribution >= 4 is 11.8 Å². The van der Waals surface area contributed by atoms with Gasteiger partial charge in [0.25, 0.3) is 5.91 Å². The first-order chi connectivity index (χ1) is 17.9. The number of amides is 2. The summed E-state index contributed by atoms with van der Waals surface area (Å²) in [6.45, 7) is 4.25. The summed E-state index contributed by atoms with van der Waals surface area (Å²) < 4.78 is 16.8. The Morgan fingerprint density at radius 3 is 2.38 bits per heavy atom. The zero-order valence-corrected chi connectivity index (χ0v) is 22.6. The van der Waals surface area contributed by atoms with Crippen LogP contribution in [-0.4, -0.2) is 75.7 Å². The SMILES string of the molecule is CCCN1C(=O)c2ccccc2C(C(=O)NCCC2CCCN2C)C1c1cc(OC)c(OC)c(OC)c1. The van der Waals surface area contributed by atoms with E-state index in [1.54, 1.807) is 21.3 Å². The fraction of sp³-hybridized carbons (Fsp3) is 0.517. The molecule has 1 saturated heterocycles. The molecule has 2 aromatic carbocycles. The Morgan fingerprint density at radius 2 is 1.78 bits per heavy atom. The molecule has 1 N–H and O–H groups in total. The number of ether oxygens (including phenoxy) is 3. The van der Waals surface area contributed by atoms with Crippen LogP contribution >= 0.6 is 0 Å². The molecule has 4 rings (SSSR count). The Balaban J connectivity index is 1.76. The standard InChI is InChI=1S/C29H39N3O5/c1-6-15-32-26(19-17-23(35-3)27(37-5)24(18-19)36-4)25(21-11-7-8-12-22(21)29(32)34)28(33)30-14-13-20-10-9-16-31(20)2/h7-8,11-12,17-18,20,25-26H,6,9-10,13-16H2,1-5H3,(H,30,33). The lowest BCUT2D eigenvalue weighted by atomic mass is 9.79. The van der Waals surface area contributed by atoms with Gasteiger partial charge in [0.2, 0.25) is 11.7 Å². The third kappa shape index (κ3) is 5.25. The maximum Gasteiger partial charge on any atom is 0.254 e. The highest BCUT2D eigenvalue weighted by atomic mass is 16.5. The van der Waals surface area contributed by atoms with Crippen molar-refractivity contribution < 1.29 is 23.8 Å². The molecule has 2 aliphatic rings. The fourth-order valence-electron chi connectivity index (χ4n) is 5.82. The van der Waals surface area contributed by atoms with Gasteiger partial charge in [-0.2, -0.15) is 0 Å². The van der Waals surface area contributed by atoms with Crippen molar-refractivity contribution in [1.82, 2.24) is 15.1 Å². The van der Waals surface area contributed by atoms with Crippen molar-refractivity contribution in [2.75, 3.05) is 48.0 Å². The Hall–Kier alpha value is -3.26. The zero-order chi connectivity index (χ0) is 26.5. The lowest BCUT2D eigenvalue weighted by molar-refractivity contribution is -0.124. The minimum absolute atomic E-state index is 0.0761. The van der Waals surface area contributed by atoms with Gasteiger partial charge in [0.1, 0.15) is 0 Å². The number of hydrogen-bond acceptors (Lipinski definition) is 6. The number of hydrogen-bond donors (Lipinski definition) is 1. The molecular formula is C29H39N3O5. The van der Waals surface area contributed by atoms with Gasteiger partial charge in [0.15, 0.2) is 11.5 Å². The van der Waals surface area contributed by atoms with Crippen LogP contribution in [-0.2, 0) is 4.79 Å². The quantitative estimate of drug-likeness (QED) is 0.522. The largest absolute Gasteiger partial charge is 0.493 e. The Bertz CT molecular complexity index is 1100. The van der Waals surface area contributed by atoms with Gasteiger partial charge >= 0.3 is 0 Å². The number of fused-ring (bicyclic) bond motifs is 1. The van der Waals surface area contributed by atoms with Crippen LogP contribution in [0.15, 0.2) is 36.4 Å². The molecular weight excluding hydrogens is 470 g/mol. The number of nitrogens with one attached hydrogen (secondary N) is 1. The number of nitrogens with zero attached hydrogens (tertiary/aromatic N) is 2. The second kappa shape index (κ2) is 11.9. The second-order valence-electron chi connectivity index (χ2n) is 9.82. The predicted octanol–water partition coefficient (Wildman–Crippen LogP) is 4.00. The van der Waals surface area contributed by atoms with Gasteiger partial charge in [-0.15, -0.1) is 0 Å². The Kier molecular flexibility index (Phi) is 8.59. The lowest BCUT2D eigenvalue weighted by Gasteiger charge is -2.42. The van der Waals surface area contributed by atoms with Crippen molar-refractivity contribution in [3.8, 4) is 17.2 Å². The van der Waals surface area contributed by atoms with Crippen LogP contribution in [0.4, 0.5) is 0 Å². The molecule has 0 aromatic heterocycles. The van der Waals surface area contributed by atoms with E-state index in [0.29, 0.717) is 41.9 Å². The van der Waals surface area contributed by atoms with Crippen LogP contribution in [0.1, 0.15) is 66.1 Å². The highest BCUT2D eigenvalue weighted by Crippen LogP contribution is 2.47. The molecule has 2 heterocycles. The predicted molar refractivity (Wildman–Crippen MR) is 143 cm³/mol. The number of likely N-dealkylation sites (tertiary alicyclic amines) is 1. The van der Waals surface area contributed by atoms with E-state index in [0.717, 1.165) is 36.9 Å². The summed E-state index contributed by atoms with van der Waals surface area (Å²) in [6.07, 6.45) is 4.02.